The van der Waals surface area contributed by atoms with Gasteiger partial charge in [0, 0.05) is 0 Å². The second-order valence-corrected chi connectivity index (χ2v) is 2.66. The number of allylic oxidation sites excluding steroid dienone is 2. The number of aliphatic hydroxyl groups is 1. The third kappa shape index (κ3) is 7.70. The molecule has 0 amide bonds. The minimum atomic E-state index is -0.130. The topological polar surface area (TPSA) is 20.2 Å². The van der Waals surface area contributed by atoms with Crippen LogP contribution < -0.4 is 0 Å². The Labute approximate surface area is 63.8 Å². The highest BCUT2D eigenvalue weighted by molar-refractivity contribution is 4.79. The average molecular weight is 142 g/mol. The summed E-state index contributed by atoms with van der Waals surface area (Å²) in [5, 5.41) is 8.88. The summed E-state index contributed by atoms with van der Waals surface area (Å²) in [5.74, 6) is 0. The highest BCUT2D eigenvalue weighted by atomic mass is 16.3. The zero-order valence-electron chi connectivity index (χ0n) is 7.01. The van der Waals surface area contributed by atoms with E-state index in [2.05, 4.69) is 19.1 Å². The van der Waals surface area contributed by atoms with Gasteiger partial charge in [0.2, 0.25) is 0 Å². The van der Waals surface area contributed by atoms with E-state index >= 15 is 0 Å². The molecule has 0 rings (SSSR count). The van der Waals surface area contributed by atoms with Crippen molar-refractivity contribution < 1.29 is 5.11 Å². The van der Waals surface area contributed by atoms with E-state index in [0.717, 1.165) is 25.7 Å². The Balaban J connectivity index is 2.97. The predicted octanol–water partition coefficient (Wildman–Crippen LogP) is 2.50. The minimum Gasteiger partial charge on any atom is -0.393 e. The van der Waals surface area contributed by atoms with Crippen LogP contribution in [0.25, 0.3) is 0 Å². The van der Waals surface area contributed by atoms with E-state index in [1.807, 2.05) is 6.92 Å². The van der Waals surface area contributed by atoms with E-state index in [4.69, 9.17) is 5.11 Å². The van der Waals surface area contributed by atoms with Crippen LogP contribution in [-0.2, 0) is 0 Å². The molecule has 0 saturated heterocycles. The van der Waals surface area contributed by atoms with Crippen LogP contribution in [0.15, 0.2) is 12.2 Å². The second-order valence-electron chi connectivity index (χ2n) is 2.66. The van der Waals surface area contributed by atoms with E-state index in [1.54, 1.807) is 0 Å². The van der Waals surface area contributed by atoms with Crippen molar-refractivity contribution in [3.8, 4) is 0 Å². The molecule has 0 aromatic heterocycles. The zero-order valence-corrected chi connectivity index (χ0v) is 7.01. The van der Waals surface area contributed by atoms with Crippen molar-refractivity contribution in [1.82, 2.24) is 0 Å². The molecule has 0 radical (unpaired) electrons. The number of unbranched alkanes of at least 4 members (excludes halogenated alkanes) is 1. The third-order valence-corrected chi connectivity index (χ3v) is 1.40. The van der Waals surface area contributed by atoms with Crippen molar-refractivity contribution in [2.75, 3.05) is 0 Å². The quantitative estimate of drug-likeness (QED) is 0.462. The maximum atomic E-state index is 8.88. The molecule has 10 heavy (non-hydrogen) atoms. The fraction of sp³-hybridized carbons (Fsp3) is 0.778. The molecule has 1 heteroatoms. The summed E-state index contributed by atoms with van der Waals surface area (Å²) in [6.45, 7) is 3.97. The largest absolute Gasteiger partial charge is 0.393 e. The smallest absolute Gasteiger partial charge is 0.0512 e. The molecule has 0 spiro atoms. The second kappa shape index (κ2) is 6.81. The van der Waals surface area contributed by atoms with Crippen LogP contribution >= 0.6 is 0 Å². The number of hydrogen-bond donors (Lipinski definition) is 1. The summed E-state index contributed by atoms with van der Waals surface area (Å²) >= 11 is 0. The van der Waals surface area contributed by atoms with Crippen molar-refractivity contribution in [2.24, 2.45) is 0 Å². The molecule has 0 saturated carbocycles. The average Bonchev–Trinajstić information content (AvgIpc) is 1.87. The Morgan fingerprint density at radius 3 is 2.60 bits per heavy atom. The van der Waals surface area contributed by atoms with Gasteiger partial charge in [0.25, 0.3) is 0 Å². The molecular weight excluding hydrogens is 124 g/mol. The van der Waals surface area contributed by atoms with Gasteiger partial charge in [0.1, 0.15) is 0 Å². The first-order chi connectivity index (χ1) is 4.77. The van der Waals surface area contributed by atoms with Gasteiger partial charge < -0.3 is 5.11 Å². The summed E-state index contributed by atoms with van der Waals surface area (Å²) in [5.41, 5.74) is 0. The molecule has 0 aliphatic carbocycles. The number of aliphatic hydroxyl groups excluding tert-OH is 1. The summed E-state index contributed by atoms with van der Waals surface area (Å²) in [7, 11) is 0. The lowest BCUT2D eigenvalue weighted by Crippen LogP contribution is -1.97. The van der Waals surface area contributed by atoms with Crippen LogP contribution in [0.3, 0.4) is 0 Å². The third-order valence-electron chi connectivity index (χ3n) is 1.40. The van der Waals surface area contributed by atoms with Gasteiger partial charge in [-0.25, -0.2) is 0 Å². The lowest BCUT2D eigenvalue weighted by Gasteiger charge is -1.99. The fourth-order valence-electron chi connectivity index (χ4n) is 0.816. The van der Waals surface area contributed by atoms with Crippen LogP contribution in [-0.4, -0.2) is 11.2 Å². The molecule has 0 aliphatic rings. The first-order valence-corrected chi connectivity index (χ1v) is 4.10. The maximum Gasteiger partial charge on any atom is 0.0512 e. The first kappa shape index (κ1) is 9.70. The predicted molar refractivity (Wildman–Crippen MR) is 45.0 cm³/mol. The van der Waals surface area contributed by atoms with Gasteiger partial charge >= 0.3 is 0 Å². The van der Waals surface area contributed by atoms with Crippen molar-refractivity contribution in [3.63, 3.8) is 0 Å². The molecule has 0 bridgehead atoms. The molecule has 1 N–H and O–H groups in total. The summed E-state index contributed by atoms with van der Waals surface area (Å²) in [6.07, 6.45) is 8.48. The van der Waals surface area contributed by atoms with Crippen molar-refractivity contribution in [3.05, 3.63) is 12.2 Å². The highest BCUT2D eigenvalue weighted by Gasteiger charge is 1.91. The van der Waals surface area contributed by atoms with Gasteiger partial charge in [-0.05, 0) is 32.6 Å². The standard InChI is InChI=1S/C9H18O/c1-3-4-5-6-7-8-9(2)10/h4-5,9-10H,3,6-8H2,1-2H3/b5-4-/t9-/m1/s1. The Kier molecular flexibility index (Phi) is 6.61. The van der Waals surface area contributed by atoms with E-state index in [9.17, 15) is 0 Å². The summed E-state index contributed by atoms with van der Waals surface area (Å²) in [4.78, 5) is 0. The lowest BCUT2D eigenvalue weighted by molar-refractivity contribution is 0.182. The van der Waals surface area contributed by atoms with Gasteiger partial charge in [-0.1, -0.05) is 19.1 Å². The van der Waals surface area contributed by atoms with Gasteiger partial charge in [-0.15, -0.1) is 0 Å². The number of hydrogen-bond acceptors (Lipinski definition) is 1. The molecule has 0 aromatic carbocycles. The van der Waals surface area contributed by atoms with Crippen molar-refractivity contribution in [1.29, 1.82) is 0 Å². The molecule has 0 fully saturated rings. The normalized spacial score (nSPS) is 14.3. The van der Waals surface area contributed by atoms with Gasteiger partial charge in [0.15, 0.2) is 0 Å². The maximum absolute atomic E-state index is 8.88. The highest BCUT2D eigenvalue weighted by Crippen LogP contribution is 2.00. The van der Waals surface area contributed by atoms with Gasteiger partial charge in [-0.3, -0.25) is 0 Å². The molecule has 0 heterocycles. The molecule has 1 nitrogen and oxygen atoms in total. The molecular formula is C9H18O. The van der Waals surface area contributed by atoms with Crippen LogP contribution in [0.4, 0.5) is 0 Å². The molecule has 1 atom stereocenters. The van der Waals surface area contributed by atoms with Crippen LogP contribution in [0.2, 0.25) is 0 Å². The van der Waals surface area contributed by atoms with E-state index in [1.165, 1.54) is 0 Å². The van der Waals surface area contributed by atoms with Crippen LogP contribution in [0.1, 0.15) is 39.5 Å². The molecule has 0 aliphatic heterocycles. The fourth-order valence-corrected chi connectivity index (χ4v) is 0.816. The Hall–Kier alpha value is -0.300. The Bertz CT molecular complexity index is 84.7. The Morgan fingerprint density at radius 1 is 1.40 bits per heavy atom. The first-order valence-electron chi connectivity index (χ1n) is 4.10. The molecule has 0 unspecified atom stereocenters. The molecule has 0 aromatic rings. The number of rotatable bonds is 5. The van der Waals surface area contributed by atoms with Crippen molar-refractivity contribution >= 4 is 0 Å². The van der Waals surface area contributed by atoms with Crippen LogP contribution in [0.5, 0.6) is 0 Å². The van der Waals surface area contributed by atoms with E-state index < -0.39 is 0 Å². The van der Waals surface area contributed by atoms with Crippen molar-refractivity contribution in [2.45, 2.75) is 45.6 Å². The van der Waals surface area contributed by atoms with E-state index in [0.29, 0.717) is 0 Å². The SMILES string of the molecule is CC/C=C\CCC[C@@H](C)O. The summed E-state index contributed by atoms with van der Waals surface area (Å²) < 4.78 is 0. The lowest BCUT2D eigenvalue weighted by atomic mass is 10.1. The summed E-state index contributed by atoms with van der Waals surface area (Å²) in [6, 6.07) is 0. The monoisotopic (exact) mass is 142 g/mol. The minimum absolute atomic E-state index is 0.130. The zero-order chi connectivity index (χ0) is 7.82. The Morgan fingerprint density at radius 2 is 2.10 bits per heavy atom. The van der Waals surface area contributed by atoms with Gasteiger partial charge in [0.05, 0.1) is 6.10 Å². The van der Waals surface area contributed by atoms with E-state index in [-0.39, 0.29) is 6.10 Å². The van der Waals surface area contributed by atoms with Gasteiger partial charge in [-0.2, -0.15) is 0 Å². The molecule has 60 valence electrons. The van der Waals surface area contributed by atoms with Crippen LogP contribution in [0, 0.1) is 0 Å².